The van der Waals surface area contributed by atoms with Crippen molar-refractivity contribution in [3.63, 3.8) is 0 Å². The Kier molecular flexibility index (Phi) is 8.02. The van der Waals surface area contributed by atoms with Gasteiger partial charge >= 0.3 is 6.09 Å². The molecule has 1 aliphatic rings. The molecular formula is C26H33FN2O3. The zero-order chi connectivity index (χ0) is 23.1. The number of hydrogen-bond acceptors (Lipinski definition) is 4. The SMILES string of the molecule is CC(C)(C)OC(=O)N[C@H](Cc1ccccc1)CN1CCC(C(=O)c2ccc(F)cc2)CC1. The minimum absolute atomic E-state index is 0.0527. The van der Waals surface area contributed by atoms with Crippen LogP contribution >= 0.6 is 0 Å². The van der Waals surface area contributed by atoms with Crippen molar-refractivity contribution in [3.8, 4) is 0 Å². The number of halogens is 1. The van der Waals surface area contributed by atoms with E-state index < -0.39 is 11.7 Å². The molecule has 1 atom stereocenters. The summed E-state index contributed by atoms with van der Waals surface area (Å²) in [7, 11) is 0. The van der Waals surface area contributed by atoms with Crippen molar-refractivity contribution in [2.24, 2.45) is 5.92 Å². The number of likely N-dealkylation sites (tertiary alicyclic amines) is 1. The van der Waals surface area contributed by atoms with Crippen LogP contribution in [0.4, 0.5) is 9.18 Å². The van der Waals surface area contributed by atoms with Gasteiger partial charge in [-0.15, -0.1) is 0 Å². The number of carbonyl (C=O) groups is 2. The molecule has 1 N–H and O–H groups in total. The minimum atomic E-state index is -0.555. The van der Waals surface area contributed by atoms with Gasteiger partial charge in [-0.3, -0.25) is 4.79 Å². The molecule has 1 heterocycles. The Morgan fingerprint density at radius 1 is 1.06 bits per heavy atom. The Bertz CT molecular complexity index is 886. The Labute approximate surface area is 190 Å². The largest absolute Gasteiger partial charge is 0.444 e. The van der Waals surface area contributed by atoms with Gasteiger partial charge in [0.2, 0.25) is 0 Å². The third-order valence-electron chi connectivity index (χ3n) is 5.61. The fourth-order valence-corrected chi connectivity index (χ4v) is 4.07. The highest BCUT2D eigenvalue weighted by molar-refractivity contribution is 5.97. The van der Waals surface area contributed by atoms with Crippen LogP contribution in [0, 0.1) is 11.7 Å². The maximum absolute atomic E-state index is 13.1. The summed E-state index contributed by atoms with van der Waals surface area (Å²) in [5, 5.41) is 3.03. The predicted octanol–water partition coefficient (Wildman–Crippen LogP) is 4.86. The molecule has 6 heteroatoms. The van der Waals surface area contributed by atoms with Gasteiger partial charge in [-0.2, -0.15) is 0 Å². The third kappa shape index (κ3) is 7.45. The van der Waals surface area contributed by atoms with E-state index in [1.165, 1.54) is 12.1 Å². The number of carbonyl (C=O) groups excluding carboxylic acids is 2. The molecular weight excluding hydrogens is 407 g/mol. The molecule has 32 heavy (non-hydrogen) atoms. The molecule has 0 saturated carbocycles. The van der Waals surface area contributed by atoms with E-state index in [0.29, 0.717) is 18.5 Å². The molecule has 0 unspecified atom stereocenters. The van der Waals surface area contributed by atoms with Gasteiger partial charge in [-0.25, -0.2) is 9.18 Å². The van der Waals surface area contributed by atoms with Crippen molar-refractivity contribution < 1.29 is 18.7 Å². The van der Waals surface area contributed by atoms with Gasteiger partial charge in [0.05, 0.1) is 0 Å². The predicted molar refractivity (Wildman–Crippen MR) is 123 cm³/mol. The van der Waals surface area contributed by atoms with Gasteiger partial charge in [0.25, 0.3) is 0 Å². The number of piperidine rings is 1. The number of nitrogens with one attached hydrogen (secondary N) is 1. The van der Waals surface area contributed by atoms with Crippen LogP contribution in [0.1, 0.15) is 49.5 Å². The van der Waals surface area contributed by atoms with Gasteiger partial charge in [0.15, 0.2) is 5.78 Å². The topological polar surface area (TPSA) is 58.6 Å². The van der Waals surface area contributed by atoms with Crippen LogP contribution in [0.15, 0.2) is 54.6 Å². The molecule has 0 radical (unpaired) electrons. The van der Waals surface area contributed by atoms with E-state index >= 15 is 0 Å². The molecule has 2 aromatic rings. The average molecular weight is 441 g/mol. The summed E-state index contributed by atoms with van der Waals surface area (Å²) in [6.45, 7) is 7.79. The highest BCUT2D eigenvalue weighted by Gasteiger charge is 2.28. The maximum Gasteiger partial charge on any atom is 0.407 e. The third-order valence-corrected chi connectivity index (χ3v) is 5.61. The molecule has 172 valence electrons. The summed E-state index contributed by atoms with van der Waals surface area (Å²) in [6, 6.07) is 15.8. The molecule has 1 fully saturated rings. The first kappa shape index (κ1) is 23.9. The molecule has 1 aliphatic heterocycles. The quantitative estimate of drug-likeness (QED) is 0.625. The van der Waals surface area contributed by atoms with Gasteiger partial charge in [0.1, 0.15) is 11.4 Å². The van der Waals surface area contributed by atoms with Crippen molar-refractivity contribution >= 4 is 11.9 Å². The molecule has 0 spiro atoms. The number of rotatable bonds is 7. The van der Waals surface area contributed by atoms with E-state index in [1.54, 1.807) is 12.1 Å². The van der Waals surface area contributed by atoms with Gasteiger partial charge in [-0.05, 0) is 83.0 Å². The number of ether oxygens (including phenoxy) is 1. The van der Waals surface area contributed by atoms with Crippen LogP contribution in [-0.2, 0) is 11.2 Å². The molecule has 0 bridgehead atoms. The number of benzene rings is 2. The first-order chi connectivity index (χ1) is 15.2. The van der Waals surface area contributed by atoms with E-state index in [0.717, 1.165) is 31.5 Å². The van der Waals surface area contributed by atoms with Crippen molar-refractivity contribution in [1.29, 1.82) is 0 Å². The zero-order valence-corrected chi connectivity index (χ0v) is 19.1. The summed E-state index contributed by atoms with van der Waals surface area (Å²) in [5.41, 5.74) is 1.16. The van der Waals surface area contributed by atoms with Gasteiger partial charge in [-0.1, -0.05) is 30.3 Å². The lowest BCUT2D eigenvalue weighted by Crippen LogP contribution is -2.48. The number of alkyl carbamates (subject to hydrolysis) is 1. The summed E-state index contributed by atoms with van der Waals surface area (Å²) < 4.78 is 18.6. The summed E-state index contributed by atoms with van der Waals surface area (Å²) >= 11 is 0. The Hall–Kier alpha value is -2.73. The van der Waals surface area contributed by atoms with Gasteiger partial charge < -0.3 is 15.0 Å². The van der Waals surface area contributed by atoms with Crippen LogP contribution < -0.4 is 5.32 Å². The average Bonchev–Trinajstić information content (AvgIpc) is 2.73. The smallest absolute Gasteiger partial charge is 0.407 e. The van der Waals surface area contributed by atoms with Crippen LogP contribution in [0.2, 0.25) is 0 Å². The van der Waals surface area contributed by atoms with Crippen molar-refractivity contribution in [1.82, 2.24) is 10.2 Å². The summed E-state index contributed by atoms with van der Waals surface area (Å²) in [4.78, 5) is 27.4. The van der Waals surface area contributed by atoms with Crippen molar-refractivity contribution in [2.75, 3.05) is 19.6 Å². The molecule has 1 saturated heterocycles. The molecule has 3 rings (SSSR count). The van der Waals surface area contributed by atoms with Crippen LogP contribution in [0.25, 0.3) is 0 Å². The van der Waals surface area contributed by atoms with E-state index in [2.05, 4.69) is 22.3 Å². The highest BCUT2D eigenvalue weighted by Crippen LogP contribution is 2.22. The fraction of sp³-hybridized carbons (Fsp3) is 0.462. The second kappa shape index (κ2) is 10.7. The van der Waals surface area contributed by atoms with E-state index in [1.807, 2.05) is 39.0 Å². The lowest BCUT2D eigenvalue weighted by Gasteiger charge is -2.34. The second-order valence-corrected chi connectivity index (χ2v) is 9.48. The molecule has 5 nitrogen and oxygen atoms in total. The number of Topliss-reactive ketones (excluding diaryl/α,β-unsaturated/α-hetero) is 1. The first-order valence-corrected chi connectivity index (χ1v) is 11.3. The minimum Gasteiger partial charge on any atom is -0.444 e. The standard InChI is InChI=1S/C26H33FN2O3/c1-26(2,3)32-25(31)28-23(17-19-7-5-4-6-8-19)18-29-15-13-21(14-16-29)24(30)20-9-11-22(27)12-10-20/h4-12,21,23H,13-18H2,1-3H3,(H,28,31)/t23-/m1/s1. The lowest BCUT2D eigenvalue weighted by atomic mass is 9.88. The number of nitrogens with zero attached hydrogens (tertiary/aromatic N) is 1. The van der Waals surface area contributed by atoms with Crippen LogP contribution in [0.5, 0.6) is 0 Å². The summed E-state index contributed by atoms with van der Waals surface area (Å²) in [5.74, 6) is -0.307. The van der Waals surface area contributed by atoms with E-state index in [4.69, 9.17) is 4.74 Å². The Morgan fingerprint density at radius 3 is 2.28 bits per heavy atom. The Morgan fingerprint density at radius 2 is 1.69 bits per heavy atom. The van der Waals surface area contributed by atoms with Gasteiger partial charge in [0, 0.05) is 24.1 Å². The first-order valence-electron chi connectivity index (χ1n) is 11.3. The lowest BCUT2D eigenvalue weighted by molar-refractivity contribution is 0.0485. The van der Waals surface area contributed by atoms with Crippen molar-refractivity contribution in [2.45, 2.75) is 51.7 Å². The highest BCUT2D eigenvalue weighted by atomic mass is 19.1. The normalized spacial score (nSPS) is 16.4. The molecule has 1 amide bonds. The van der Waals surface area contributed by atoms with Crippen LogP contribution in [-0.4, -0.2) is 48.1 Å². The second-order valence-electron chi connectivity index (χ2n) is 9.48. The monoisotopic (exact) mass is 440 g/mol. The summed E-state index contributed by atoms with van der Waals surface area (Å²) in [6.07, 6.45) is 1.79. The zero-order valence-electron chi connectivity index (χ0n) is 19.1. The number of hydrogen-bond donors (Lipinski definition) is 1. The van der Waals surface area contributed by atoms with E-state index in [-0.39, 0.29) is 23.6 Å². The molecule has 0 aromatic heterocycles. The fourth-order valence-electron chi connectivity index (χ4n) is 4.07. The maximum atomic E-state index is 13.1. The molecule has 2 aromatic carbocycles. The van der Waals surface area contributed by atoms with E-state index in [9.17, 15) is 14.0 Å². The van der Waals surface area contributed by atoms with Crippen LogP contribution in [0.3, 0.4) is 0 Å². The molecule has 0 aliphatic carbocycles. The number of amides is 1. The number of ketones is 1. The Balaban J connectivity index is 1.58. The van der Waals surface area contributed by atoms with Crippen molar-refractivity contribution in [3.05, 3.63) is 71.5 Å².